The predicted octanol–water partition coefficient (Wildman–Crippen LogP) is 1.62. The van der Waals surface area contributed by atoms with E-state index in [1.54, 1.807) is 4.68 Å². The van der Waals surface area contributed by atoms with Crippen molar-refractivity contribution in [3.05, 3.63) is 18.0 Å². The summed E-state index contributed by atoms with van der Waals surface area (Å²) in [6, 6.07) is 1.97. The Morgan fingerprint density at radius 3 is 2.50 bits per heavy atom. The quantitative estimate of drug-likeness (QED) is 0.722. The molecule has 114 valence electrons. The molecule has 1 heterocycles. The first-order valence-corrected chi connectivity index (χ1v) is 7.55. The lowest BCUT2D eigenvalue weighted by molar-refractivity contribution is -0.131. The van der Waals surface area contributed by atoms with Gasteiger partial charge in [0.15, 0.2) is 0 Å². The van der Waals surface area contributed by atoms with Crippen molar-refractivity contribution < 1.29 is 4.79 Å². The summed E-state index contributed by atoms with van der Waals surface area (Å²) >= 11 is 0. The molecule has 3 N–H and O–H groups in total. The standard InChI is InChI=1S/C15H28N4O/c1-4-8-15(12-16,9-5-2)14(20)17-10-6-13-7-11-19(3)18-13/h7,11H,4-6,8-10,12,16H2,1-3H3,(H,17,20). The van der Waals surface area contributed by atoms with E-state index in [0.717, 1.165) is 37.8 Å². The highest BCUT2D eigenvalue weighted by atomic mass is 16.2. The van der Waals surface area contributed by atoms with Crippen molar-refractivity contribution in [1.29, 1.82) is 0 Å². The fourth-order valence-corrected chi connectivity index (χ4v) is 2.69. The highest BCUT2D eigenvalue weighted by molar-refractivity contribution is 5.82. The zero-order valence-corrected chi connectivity index (χ0v) is 13.0. The maximum Gasteiger partial charge on any atom is 0.227 e. The summed E-state index contributed by atoms with van der Waals surface area (Å²) in [5, 5.41) is 7.34. The Hall–Kier alpha value is -1.36. The molecule has 1 amide bonds. The van der Waals surface area contributed by atoms with Crippen LogP contribution in [0.4, 0.5) is 0 Å². The van der Waals surface area contributed by atoms with Crippen molar-refractivity contribution in [1.82, 2.24) is 15.1 Å². The van der Waals surface area contributed by atoms with Gasteiger partial charge in [-0.15, -0.1) is 0 Å². The smallest absolute Gasteiger partial charge is 0.227 e. The second-order valence-corrected chi connectivity index (χ2v) is 5.47. The summed E-state index contributed by atoms with van der Waals surface area (Å²) in [6.07, 6.45) is 6.33. The van der Waals surface area contributed by atoms with Gasteiger partial charge >= 0.3 is 0 Å². The third-order valence-corrected chi connectivity index (χ3v) is 3.77. The maximum absolute atomic E-state index is 12.5. The van der Waals surface area contributed by atoms with Crippen LogP contribution in [0.25, 0.3) is 0 Å². The van der Waals surface area contributed by atoms with E-state index in [2.05, 4.69) is 24.3 Å². The highest BCUT2D eigenvalue weighted by Gasteiger charge is 2.34. The molecule has 0 aliphatic rings. The van der Waals surface area contributed by atoms with Gasteiger partial charge < -0.3 is 11.1 Å². The molecule has 0 aliphatic heterocycles. The summed E-state index contributed by atoms with van der Waals surface area (Å²) in [4.78, 5) is 12.5. The minimum atomic E-state index is -0.395. The van der Waals surface area contributed by atoms with Gasteiger partial charge in [-0.3, -0.25) is 9.48 Å². The van der Waals surface area contributed by atoms with Crippen molar-refractivity contribution in [2.24, 2.45) is 18.2 Å². The van der Waals surface area contributed by atoms with Crippen LogP contribution in [0.5, 0.6) is 0 Å². The number of nitrogens with zero attached hydrogens (tertiary/aromatic N) is 2. The van der Waals surface area contributed by atoms with Gasteiger partial charge in [0.25, 0.3) is 0 Å². The number of amides is 1. The van der Waals surface area contributed by atoms with Crippen molar-refractivity contribution >= 4 is 5.91 Å². The number of nitrogens with one attached hydrogen (secondary N) is 1. The Labute approximate surface area is 121 Å². The van der Waals surface area contributed by atoms with E-state index in [0.29, 0.717) is 13.1 Å². The molecule has 0 aliphatic carbocycles. The van der Waals surface area contributed by atoms with E-state index >= 15 is 0 Å². The van der Waals surface area contributed by atoms with Gasteiger partial charge in [-0.2, -0.15) is 5.10 Å². The summed E-state index contributed by atoms with van der Waals surface area (Å²) in [7, 11) is 1.89. The Bertz CT molecular complexity index is 408. The lowest BCUT2D eigenvalue weighted by Crippen LogP contribution is -2.46. The van der Waals surface area contributed by atoms with Gasteiger partial charge in [0.05, 0.1) is 11.1 Å². The number of hydrogen-bond acceptors (Lipinski definition) is 3. The molecule has 20 heavy (non-hydrogen) atoms. The fourth-order valence-electron chi connectivity index (χ4n) is 2.69. The molecule has 1 aromatic heterocycles. The summed E-state index contributed by atoms with van der Waals surface area (Å²) in [6.45, 7) is 5.23. The van der Waals surface area contributed by atoms with E-state index in [1.165, 1.54) is 0 Å². The zero-order chi connectivity index (χ0) is 15.0. The first kappa shape index (κ1) is 16.7. The number of carbonyl (C=O) groups excluding carboxylic acids is 1. The van der Waals surface area contributed by atoms with Crippen LogP contribution in [0.3, 0.4) is 0 Å². The van der Waals surface area contributed by atoms with E-state index in [-0.39, 0.29) is 5.91 Å². The molecular weight excluding hydrogens is 252 g/mol. The monoisotopic (exact) mass is 280 g/mol. The topological polar surface area (TPSA) is 72.9 Å². The van der Waals surface area contributed by atoms with E-state index < -0.39 is 5.41 Å². The van der Waals surface area contributed by atoms with Crippen molar-refractivity contribution in [2.75, 3.05) is 13.1 Å². The van der Waals surface area contributed by atoms with Gasteiger partial charge in [-0.05, 0) is 18.9 Å². The van der Waals surface area contributed by atoms with E-state index in [1.807, 2.05) is 19.3 Å². The minimum absolute atomic E-state index is 0.0969. The number of hydrogen-bond donors (Lipinski definition) is 2. The number of aryl methyl sites for hydroxylation is 1. The summed E-state index contributed by atoms with van der Waals surface area (Å²) in [5.41, 5.74) is 6.49. The van der Waals surface area contributed by atoms with Crippen molar-refractivity contribution in [3.63, 3.8) is 0 Å². The third kappa shape index (κ3) is 4.34. The molecule has 1 rings (SSSR count). The molecule has 0 spiro atoms. The van der Waals surface area contributed by atoms with Crippen LogP contribution in [0.2, 0.25) is 0 Å². The largest absolute Gasteiger partial charge is 0.355 e. The second kappa shape index (κ2) is 8.04. The molecule has 0 saturated carbocycles. The average molecular weight is 280 g/mol. The average Bonchev–Trinajstić information content (AvgIpc) is 2.84. The molecule has 0 aromatic carbocycles. The molecule has 5 nitrogen and oxygen atoms in total. The van der Waals surface area contributed by atoms with Crippen LogP contribution in [0.1, 0.15) is 45.2 Å². The normalized spacial score (nSPS) is 11.6. The lowest BCUT2D eigenvalue weighted by Gasteiger charge is -2.30. The van der Waals surface area contributed by atoms with Gasteiger partial charge in [0, 0.05) is 32.8 Å². The fraction of sp³-hybridized carbons (Fsp3) is 0.733. The Morgan fingerprint density at radius 1 is 1.40 bits per heavy atom. The summed E-state index contributed by atoms with van der Waals surface area (Å²) < 4.78 is 1.77. The summed E-state index contributed by atoms with van der Waals surface area (Å²) in [5.74, 6) is 0.0969. The number of carbonyl (C=O) groups is 1. The van der Waals surface area contributed by atoms with Crippen molar-refractivity contribution in [3.8, 4) is 0 Å². The van der Waals surface area contributed by atoms with Gasteiger partial charge in [0.2, 0.25) is 5.91 Å². The Morgan fingerprint density at radius 2 is 2.05 bits per heavy atom. The molecule has 0 radical (unpaired) electrons. The Balaban J connectivity index is 2.53. The molecule has 5 heteroatoms. The van der Waals surface area contributed by atoms with Crippen molar-refractivity contribution in [2.45, 2.75) is 46.0 Å². The number of nitrogens with two attached hydrogens (primary N) is 1. The molecular formula is C15H28N4O. The second-order valence-electron chi connectivity index (χ2n) is 5.47. The van der Waals surface area contributed by atoms with Gasteiger partial charge in [0.1, 0.15) is 0 Å². The van der Waals surface area contributed by atoms with Crippen LogP contribution in [-0.4, -0.2) is 28.8 Å². The first-order valence-electron chi connectivity index (χ1n) is 7.55. The van der Waals surface area contributed by atoms with Gasteiger partial charge in [-0.25, -0.2) is 0 Å². The molecule has 0 bridgehead atoms. The van der Waals surface area contributed by atoms with Crippen LogP contribution >= 0.6 is 0 Å². The zero-order valence-electron chi connectivity index (χ0n) is 13.0. The maximum atomic E-state index is 12.5. The molecule has 0 fully saturated rings. The molecule has 0 unspecified atom stereocenters. The SMILES string of the molecule is CCCC(CN)(CCC)C(=O)NCCc1ccn(C)n1. The third-order valence-electron chi connectivity index (χ3n) is 3.77. The van der Waals surface area contributed by atoms with Crippen LogP contribution in [0, 0.1) is 5.41 Å². The van der Waals surface area contributed by atoms with Gasteiger partial charge in [-0.1, -0.05) is 26.7 Å². The molecule has 0 atom stereocenters. The van der Waals surface area contributed by atoms with Crippen LogP contribution in [-0.2, 0) is 18.3 Å². The number of rotatable bonds is 9. The highest BCUT2D eigenvalue weighted by Crippen LogP contribution is 2.28. The Kier molecular flexibility index (Phi) is 6.71. The molecule has 1 aromatic rings. The number of aromatic nitrogens is 2. The van der Waals surface area contributed by atoms with E-state index in [4.69, 9.17) is 5.73 Å². The predicted molar refractivity (Wildman–Crippen MR) is 81.2 cm³/mol. The first-order chi connectivity index (χ1) is 9.57. The van der Waals surface area contributed by atoms with E-state index in [9.17, 15) is 4.79 Å². The van der Waals surface area contributed by atoms with Crippen LogP contribution in [0.15, 0.2) is 12.3 Å². The minimum Gasteiger partial charge on any atom is -0.355 e. The van der Waals surface area contributed by atoms with Crippen LogP contribution < -0.4 is 11.1 Å². The molecule has 0 saturated heterocycles. The lowest BCUT2D eigenvalue weighted by atomic mass is 9.78.